The molecule has 4 nitrogen and oxygen atoms in total. The molecule has 0 fully saturated rings. The molecule has 1 aliphatic rings. The van der Waals surface area contributed by atoms with Crippen molar-refractivity contribution in [2.75, 3.05) is 0 Å². The number of aromatic hydroxyl groups is 1. The molecule has 2 rings (SSSR count). The highest BCUT2D eigenvalue weighted by Gasteiger charge is 2.28. The lowest BCUT2D eigenvalue weighted by atomic mass is 9.92. The average Bonchev–Trinajstić information content (AvgIpc) is 2.71. The zero-order valence-corrected chi connectivity index (χ0v) is 20.4. The number of allylic oxidation sites excluding steroid dienone is 5. The summed E-state index contributed by atoms with van der Waals surface area (Å²) >= 11 is 0. The predicted octanol–water partition coefficient (Wildman–Crippen LogP) is 7.44. The lowest BCUT2D eigenvalue weighted by Crippen LogP contribution is -2.32. The molecule has 0 bridgehead atoms. The summed E-state index contributed by atoms with van der Waals surface area (Å²) < 4.78 is 6.35. The number of carboxylic acid groups (broad SMARTS) is 1. The van der Waals surface area contributed by atoms with Gasteiger partial charge in [-0.1, -0.05) is 35.5 Å². The van der Waals surface area contributed by atoms with Crippen LogP contribution in [0.2, 0.25) is 0 Å². The Kier molecular flexibility index (Phi) is 8.94. The maximum Gasteiger partial charge on any atom is 0.331 e. The van der Waals surface area contributed by atoms with Crippen molar-refractivity contribution in [1.82, 2.24) is 0 Å². The van der Waals surface area contributed by atoms with Crippen LogP contribution in [-0.4, -0.2) is 21.8 Å². The van der Waals surface area contributed by atoms with Crippen LogP contribution in [0.15, 0.2) is 47.1 Å². The van der Waals surface area contributed by atoms with E-state index in [9.17, 15) is 15.0 Å². The van der Waals surface area contributed by atoms with E-state index in [2.05, 4.69) is 32.1 Å². The smallest absolute Gasteiger partial charge is 0.331 e. The molecular formula is C28H38O4. The second kappa shape index (κ2) is 11.2. The molecule has 0 radical (unpaired) electrons. The third-order valence-corrected chi connectivity index (χ3v) is 6.10. The second-order valence-electron chi connectivity index (χ2n) is 9.29. The molecule has 4 heteroatoms. The number of fused-ring (bicyclic) bond motifs is 1. The molecule has 1 aromatic rings. The van der Waals surface area contributed by atoms with Crippen molar-refractivity contribution >= 4 is 12.0 Å². The maximum atomic E-state index is 11.4. The molecule has 0 amide bonds. The minimum atomic E-state index is -0.818. The number of carboxylic acids is 1. The van der Waals surface area contributed by atoms with Gasteiger partial charge in [-0.15, -0.1) is 0 Å². The van der Waals surface area contributed by atoms with Gasteiger partial charge >= 0.3 is 5.97 Å². The first-order valence-corrected chi connectivity index (χ1v) is 11.4. The summed E-state index contributed by atoms with van der Waals surface area (Å²) in [5.41, 5.74) is 5.33. The zero-order valence-electron chi connectivity index (χ0n) is 20.4. The Balaban J connectivity index is 1.91. The van der Waals surface area contributed by atoms with E-state index in [0.717, 1.165) is 54.5 Å². The summed E-state index contributed by atoms with van der Waals surface area (Å²) in [6.07, 6.45) is 14.9. The van der Waals surface area contributed by atoms with Gasteiger partial charge in [-0.2, -0.15) is 0 Å². The summed E-state index contributed by atoms with van der Waals surface area (Å²) in [6.45, 7) is 12.1. The SMILES string of the molecule is CC(C)=CCC/C(=C\CC/C(C)=C/CCC1(C)C=Cc2cc(O)c(C)c(C)c2O1)C(=O)O. The van der Waals surface area contributed by atoms with Crippen molar-refractivity contribution < 1.29 is 19.7 Å². The first-order valence-electron chi connectivity index (χ1n) is 11.4. The Hall–Kier alpha value is -2.75. The van der Waals surface area contributed by atoms with Gasteiger partial charge in [0.05, 0.1) is 0 Å². The molecule has 0 saturated heterocycles. The highest BCUT2D eigenvalue weighted by atomic mass is 16.5. The molecule has 32 heavy (non-hydrogen) atoms. The van der Waals surface area contributed by atoms with E-state index in [4.69, 9.17) is 4.74 Å². The molecule has 2 N–H and O–H groups in total. The van der Waals surface area contributed by atoms with Gasteiger partial charge in [-0.25, -0.2) is 4.79 Å². The van der Waals surface area contributed by atoms with E-state index < -0.39 is 5.97 Å². The molecule has 1 unspecified atom stereocenters. The Labute approximate surface area is 193 Å². The van der Waals surface area contributed by atoms with Gasteiger partial charge in [0.2, 0.25) is 0 Å². The fourth-order valence-electron chi connectivity index (χ4n) is 3.82. The first-order chi connectivity index (χ1) is 15.0. The van der Waals surface area contributed by atoms with Crippen LogP contribution in [0.1, 0.15) is 82.9 Å². The number of aliphatic carboxylic acids is 1. The number of phenols is 1. The van der Waals surface area contributed by atoms with Gasteiger partial charge in [0.15, 0.2) is 0 Å². The van der Waals surface area contributed by atoms with Crippen LogP contribution >= 0.6 is 0 Å². The fourth-order valence-corrected chi connectivity index (χ4v) is 3.82. The molecule has 1 heterocycles. The van der Waals surface area contributed by atoms with Crippen LogP contribution < -0.4 is 4.74 Å². The second-order valence-corrected chi connectivity index (χ2v) is 9.29. The van der Waals surface area contributed by atoms with Gasteiger partial charge in [0, 0.05) is 11.1 Å². The third kappa shape index (κ3) is 7.15. The van der Waals surface area contributed by atoms with E-state index in [-0.39, 0.29) is 5.60 Å². The Morgan fingerprint density at radius 1 is 1.03 bits per heavy atom. The van der Waals surface area contributed by atoms with Crippen molar-refractivity contribution in [3.05, 3.63) is 63.8 Å². The molecular weight excluding hydrogens is 400 g/mol. The number of phenolic OH excluding ortho intramolecular Hbond substituents is 1. The summed E-state index contributed by atoms with van der Waals surface area (Å²) in [7, 11) is 0. The maximum absolute atomic E-state index is 11.4. The molecule has 1 atom stereocenters. The monoisotopic (exact) mass is 438 g/mol. The van der Waals surface area contributed by atoms with Gasteiger partial charge in [0.1, 0.15) is 17.1 Å². The van der Waals surface area contributed by atoms with Crippen LogP contribution in [0.3, 0.4) is 0 Å². The topological polar surface area (TPSA) is 66.8 Å². The van der Waals surface area contributed by atoms with E-state index in [1.165, 1.54) is 11.1 Å². The number of benzene rings is 1. The number of hydrogen-bond donors (Lipinski definition) is 2. The van der Waals surface area contributed by atoms with Crippen molar-refractivity contribution in [1.29, 1.82) is 0 Å². The van der Waals surface area contributed by atoms with Crippen LogP contribution in [0.5, 0.6) is 11.5 Å². The fraction of sp³-hybridized carbons (Fsp3) is 0.464. The van der Waals surface area contributed by atoms with Crippen molar-refractivity contribution in [2.45, 2.75) is 85.7 Å². The van der Waals surface area contributed by atoms with Crippen molar-refractivity contribution in [3.63, 3.8) is 0 Å². The van der Waals surface area contributed by atoms with Gasteiger partial charge in [0.25, 0.3) is 0 Å². The molecule has 0 aliphatic carbocycles. The summed E-state index contributed by atoms with van der Waals surface area (Å²) in [5, 5.41) is 19.5. The highest BCUT2D eigenvalue weighted by molar-refractivity contribution is 5.86. The minimum Gasteiger partial charge on any atom is -0.508 e. The van der Waals surface area contributed by atoms with E-state index in [1.807, 2.05) is 39.8 Å². The molecule has 0 saturated carbocycles. The van der Waals surface area contributed by atoms with Gasteiger partial charge in [-0.3, -0.25) is 0 Å². The Morgan fingerprint density at radius 2 is 1.72 bits per heavy atom. The molecule has 174 valence electrons. The van der Waals surface area contributed by atoms with Crippen molar-refractivity contribution in [2.24, 2.45) is 0 Å². The van der Waals surface area contributed by atoms with Crippen molar-refractivity contribution in [3.8, 4) is 11.5 Å². The van der Waals surface area contributed by atoms with E-state index in [0.29, 0.717) is 17.7 Å². The lowest BCUT2D eigenvalue weighted by molar-refractivity contribution is -0.132. The number of rotatable bonds is 10. The van der Waals surface area contributed by atoms with Crippen LogP contribution in [0.4, 0.5) is 0 Å². The third-order valence-electron chi connectivity index (χ3n) is 6.10. The summed E-state index contributed by atoms with van der Waals surface area (Å²) in [4.78, 5) is 11.4. The molecule has 0 spiro atoms. The van der Waals surface area contributed by atoms with Crippen LogP contribution in [-0.2, 0) is 4.79 Å². The summed E-state index contributed by atoms with van der Waals surface area (Å²) in [6, 6.07) is 1.76. The Bertz CT molecular complexity index is 958. The molecule has 1 aromatic carbocycles. The minimum absolute atomic E-state index is 0.300. The molecule has 1 aliphatic heterocycles. The lowest BCUT2D eigenvalue weighted by Gasteiger charge is -2.33. The normalized spacial score (nSPS) is 18.2. The standard InChI is InChI=1S/C28H38O4/c1-19(2)10-7-13-23(27(30)31)14-8-11-20(3)12-9-16-28(6)17-15-24-18-25(29)21(4)22(5)26(24)32-28/h10,12,14-15,17-18,29H,7-9,11,13,16H2,1-6H3,(H,30,31)/b20-12+,23-14+. The average molecular weight is 439 g/mol. The quantitative estimate of drug-likeness (QED) is 0.294. The predicted molar refractivity (Wildman–Crippen MR) is 132 cm³/mol. The van der Waals surface area contributed by atoms with Crippen LogP contribution in [0, 0.1) is 13.8 Å². The van der Waals surface area contributed by atoms with Gasteiger partial charge < -0.3 is 14.9 Å². The largest absolute Gasteiger partial charge is 0.508 e. The number of carbonyl (C=O) groups is 1. The first kappa shape index (κ1) is 25.5. The Morgan fingerprint density at radius 3 is 2.38 bits per heavy atom. The summed E-state index contributed by atoms with van der Waals surface area (Å²) in [5.74, 6) is 0.334. The van der Waals surface area contributed by atoms with E-state index >= 15 is 0 Å². The highest BCUT2D eigenvalue weighted by Crippen LogP contribution is 2.40. The number of hydrogen-bond acceptors (Lipinski definition) is 3. The zero-order chi connectivity index (χ0) is 23.9. The number of ether oxygens (including phenoxy) is 1. The van der Waals surface area contributed by atoms with E-state index in [1.54, 1.807) is 6.07 Å². The molecule has 0 aromatic heterocycles. The van der Waals surface area contributed by atoms with Gasteiger partial charge in [-0.05, 0) is 103 Å². The van der Waals surface area contributed by atoms with Crippen LogP contribution in [0.25, 0.3) is 6.08 Å².